The van der Waals surface area contributed by atoms with E-state index in [1.165, 1.54) is 5.56 Å². The zero-order chi connectivity index (χ0) is 14.4. The highest BCUT2D eigenvalue weighted by Gasteiger charge is 2.09. The van der Waals surface area contributed by atoms with Crippen LogP contribution < -0.4 is 15.0 Å². The molecular weight excluding hydrogens is 248 g/mol. The smallest absolute Gasteiger partial charge is 0.121 e. The highest BCUT2D eigenvalue weighted by Crippen LogP contribution is 2.21. The van der Waals surface area contributed by atoms with E-state index in [2.05, 4.69) is 34.5 Å². The van der Waals surface area contributed by atoms with Gasteiger partial charge in [0.2, 0.25) is 0 Å². The highest BCUT2D eigenvalue weighted by atomic mass is 16.5. The lowest BCUT2D eigenvalue weighted by Crippen LogP contribution is -2.23. The molecular formula is C17H22N2O. The van der Waals surface area contributed by atoms with Gasteiger partial charge in [-0.2, -0.15) is 0 Å². The molecule has 0 saturated heterocycles. The summed E-state index contributed by atoms with van der Waals surface area (Å²) in [5.41, 5.74) is 2.38. The van der Waals surface area contributed by atoms with Gasteiger partial charge in [-0.15, -0.1) is 0 Å². The van der Waals surface area contributed by atoms with Crippen LogP contribution in [0.1, 0.15) is 11.6 Å². The van der Waals surface area contributed by atoms with Crippen LogP contribution in [0, 0.1) is 0 Å². The maximum Gasteiger partial charge on any atom is 0.121 e. The number of benzene rings is 2. The normalized spacial score (nSPS) is 11.9. The average molecular weight is 270 g/mol. The minimum atomic E-state index is 0.194. The van der Waals surface area contributed by atoms with Crippen LogP contribution in [-0.4, -0.2) is 27.7 Å². The van der Waals surface area contributed by atoms with E-state index in [1.807, 2.05) is 51.5 Å². The fourth-order valence-electron chi connectivity index (χ4n) is 2.06. The summed E-state index contributed by atoms with van der Waals surface area (Å²) in [7, 11) is 6.01. The third-order valence-electron chi connectivity index (χ3n) is 3.30. The first-order chi connectivity index (χ1) is 9.70. The van der Waals surface area contributed by atoms with Crippen molar-refractivity contribution in [2.24, 2.45) is 0 Å². The van der Waals surface area contributed by atoms with Crippen molar-refractivity contribution in [2.45, 2.75) is 6.04 Å². The van der Waals surface area contributed by atoms with Gasteiger partial charge in [-0.1, -0.05) is 36.4 Å². The standard InChI is InChI=1S/C17H22N2O/c1-18-17(14-8-5-4-6-9-14)13-20-16-11-7-10-15(12-16)19(2)3/h4-12,17-18H,13H2,1-3H3. The Morgan fingerprint density at radius 1 is 1.05 bits per heavy atom. The SMILES string of the molecule is CNC(COc1cccc(N(C)C)c1)c1ccccc1. The summed E-state index contributed by atoms with van der Waals surface area (Å²) < 4.78 is 5.92. The van der Waals surface area contributed by atoms with Crippen LogP contribution in [0.5, 0.6) is 5.75 Å². The lowest BCUT2D eigenvalue weighted by atomic mass is 10.1. The van der Waals surface area contributed by atoms with Gasteiger partial charge < -0.3 is 15.0 Å². The Morgan fingerprint density at radius 2 is 1.80 bits per heavy atom. The number of hydrogen-bond donors (Lipinski definition) is 1. The van der Waals surface area contributed by atoms with Crippen LogP contribution in [0.4, 0.5) is 5.69 Å². The summed E-state index contributed by atoms with van der Waals surface area (Å²) in [5, 5.41) is 3.29. The molecule has 0 aliphatic carbocycles. The molecule has 0 amide bonds. The molecule has 1 N–H and O–H groups in total. The van der Waals surface area contributed by atoms with E-state index >= 15 is 0 Å². The number of nitrogens with one attached hydrogen (secondary N) is 1. The maximum atomic E-state index is 5.92. The van der Waals surface area contributed by atoms with Crippen molar-refractivity contribution in [3.8, 4) is 5.75 Å². The second-order valence-electron chi connectivity index (χ2n) is 4.95. The number of hydrogen-bond acceptors (Lipinski definition) is 3. The second-order valence-corrected chi connectivity index (χ2v) is 4.95. The van der Waals surface area contributed by atoms with Crippen molar-refractivity contribution >= 4 is 5.69 Å². The van der Waals surface area contributed by atoms with Crippen LogP contribution in [0.3, 0.4) is 0 Å². The molecule has 0 spiro atoms. The molecule has 0 aromatic heterocycles. The van der Waals surface area contributed by atoms with Gasteiger partial charge in [-0.3, -0.25) is 0 Å². The fraction of sp³-hybridized carbons (Fsp3) is 0.294. The Kier molecular flexibility index (Phi) is 5.02. The second kappa shape index (κ2) is 6.96. The molecule has 1 unspecified atom stereocenters. The summed E-state index contributed by atoms with van der Waals surface area (Å²) in [6.07, 6.45) is 0. The van der Waals surface area contributed by atoms with E-state index in [0.717, 1.165) is 11.4 Å². The van der Waals surface area contributed by atoms with Crippen molar-refractivity contribution < 1.29 is 4.74 Å². The molecule has 0 bridgehead atoms. The van der Waals surface area contributed by atoms with Crippen molar-refractivity contribution in [2.75, 3.05) is 32.6 Å². The molecule has 3 heteroatoms. The topological polar surface area (TPSA) is 24.5 Å². The molecule has 0 fully saturated rings. The summed E-state index contributed by atoms with van der Waals surface area (Å²) in [6.45, 7) is 0.609. The number of anilines is 1. The molecule has 2 rings (SSSR count). The van der Waals surface area contributed by atoms with Crippen molar-refractivity contribution in [3.63, 3.8) is 0 Å². The zero-order valence-corrected chi connectivity index (χ0v) is 12.3. The van der Waals surface area contributed by atoms with Crippen molar-refractivity contribution in [3.05, 3.63) is 60.2 Å². The third kappa shape index (κ3) is 3.75. The minimum absolute atomic E-state index is 0.194. The van der Waals surface area contributed by atoms with E-state index in [0.29, 0.717) is 6.61 Å². The number of likely N-dealkylation sites (N-methyl/N-ethyl adjacent to an activating group) is 1. The minimum Gasteiger partial charge on any atom is -0.492 e. The lowest BCUT2D eigenvalue weighted by Gasteiger charge is -2.19. The Morgan fingerprint density at radius 3 is 2.45 bits per heavy atom. The van der Waals surface area contributed by atoms with Crippen LogP contribution in [0.25, 0.3) is 0 Å². The summed E-state index contributed by atoms with van der Waals surface area (Å²) in [6, 6.07) is 18.7. The van der Waals surface area contributed by atoms with Gasteiger partial charge in [-0.25, -0.2) is 0 Å². The predicted molar refractivity (Wildman–Crippen MR) is 84.5 cm³/mol. The Bertz CT molecular complexity index is 526. The molecule has 0 heterocycles. The monoisotopic (exact) mass is 270 g/mol. The summed E-state index contributed by atoms with van der Waals surface area (Å²) in [5.74, 6) is 0.896. The van der Waals surface area contributed by atoms with E-state index in [1.54, 1.807) is 0 Å². The molecule has 2 aromatic carbocycles. The van der Waals surface area contributed by atoms with Gasteiger partial charge in [0.05, 0.1) is 6.04 Å². The predicted octanol–water partition coefficient (Wildman–Crippen LogP) is 3.09. The zero-order valence-electron chi connectivity index (χ0n) is 12.3. The van der Waals surface area contributed by atoms with Crippen molar-refractivity contribution in [1.82, 2.24) is 5.32 Å². The number of ether oxygens (including phenoxy) is 1. The molecule has 0 radical (unpaired) electrons. The van der Waals surface area contributed by atoms with E-state index in [4.69, 9.17) is 4.74 Å². The van der Waals surface area contributed by atoms with Crippen LogP contribution in [0.2, 0.25) is 0 Å². The van der Waals surface area contributed by atoms with Crippen LogP contribution in [0.15, 0.2) is 54.6 Å². The molecule has 0 aliphatic rings. The van der Waals surface area contributed by atoms with E-state index < -0.39 is 0 Å². The van der Waals surface area contributed by atoms with Crippen molar-refractivity contribution in [1.29, 1.82) is 0 Å². The third-order valence-corrected chi connectivity index (χ3v) is 3.30. The van der Waals surface area contributed by atoms with E-state index in [-0.39, 0.29) is 6.04 Å². The molecule has 0 saturated carbocycles. The molecule has 20 heavy (non-hydrogen) atoms. The first kappa shape index (κ1) is 14.4. The highest BCUT2D eigenvalue weighted by molar-refractivity contribution is 5.49. The Hall–Kier alpha value is -2.00. The van der Waals surface area contributed by atoms with Crippen LogP contribution in [-0.2, 0) is 0 Å². The first-order valence-corrected chi connectivity index (χ1v) is 6.83. The van der Waals surface area contributed by atoms with Gasteiger partial charge in [0.15, 0.2) is 0 Å². The average Bonchev–Trinajstić information content (AvgIpc) is 2.49. The molecule has 2 aromatic rings. The number of rotatable bonds is 6. The first-order valence-electron chi connectivity index (χ1n) is 6.83. The Labute approximate surface area is 121 Å². The maximum absolute atomic E-state index is 5.92. The van der Waals surface area contributed by atoms with E-state index in [9.17, 15) is 0 Å². The molecule has 0 aliphatic heterocycles. The van der Waals surface area contributed by atoms with Gasteiger partial charge in [0.25, 0.3) is 0 Å². The van der Waals surface area contributed by atoms with Gasteiger partial charge in [-0.05, 0) is 24.7 Å². The van der Waals surface area contributed by atoms with Gasteiger partial charge in [0, 0.05) is 25.8 Å². The quantitative estimate of drug-likeness (QED) is 0.873. The van der Waals surface area contributed by atoms with Gasteiger partial charge >= 0.3 is 0 Å². The number of nitrogens with zero attached hydrogens (tertiary/aromatic N) is 1. The molecule has 106 valence electrons. The fourth-order valence-corrected chi connectivity index (χ4v) is 2.06. The summed E-state index contributed by atoms with van der Waals surface area (Å²) >= 11 is 0. The Balaban J connectivity index is 2.02. The summed E-state index contributed by atoms with van der Waals surface area (Å²) in [4.78, 5) is 2.07. The molecule has 3 nitrogen and oxygen atoms in total. The largest absolute Gasteiger partial charge is 0.492 e. The molecule has 1 atom stereocenters. The lowest BCUT2D eigenvalue weighted by molar-refractivity contribution is 0.273. The van der Waals surface area contributed by atoms with Crippen LogP contribution >= 0.6 is 0 Å². The van der Waals surface area contributed by atoms with Gasteiger partial charge in [0.1, 0.15) is 12.4 Å².